The first-order chi connectivity index (χ1) is 19.2. The lowest BCUT2D eigenvalue weighted by Crippen LogP contribution is -2.56. The van der Waals surface area contributed by atoms with Gasteiger partial charge in [0.1, 0.15) is 18.8 Å². The number of benzene rings is 2. The molecule has 12 heteroatoms. The monoisotopic (exact) mass is 594 g/mol. The van der Waals surface area contributed by atoms with E-state index in [2.05, 4.69) is 5.32 Å². The van der Waals surface area contributed by atoms with E-state index in [0.29, 0.717) is 44.8 Å². The third-order valence-corrected chi connectivity index (χ3v) is 7.68. The molecule has 4 N–H and O–H groups in total. The van der Waals surface area contributed by atoms with Crippen LogP contribution in [0, 0.1) is 0 Å². The molecular weight excluding hydrogens is 563 g/mol. The van der Waals surface area contributed by atoms with Crippen LogP contribution in [0.5, 0.6) is 11.5 Å². The van der Waals surface area contributed by atoms with E-state index in [1.54, 1.807) is 43.3 Å². The topological polar surface area (TPSA) is 138 Å². The van der Waals surface area contributed by atoms with Gasteiger partial charge in [0.05, 0.1) is 42.3 Å². The number of amides is 2. The maximum absolute atomic E-state index is 13.4. The molecule has 216 valence electrons. The van der Waals surface area contributed by atoms with Gasteiger partial charge in [0.15, 0.2) is 11.5 Å². The Labute approximate surface area is 242 Å². The molecule has 4 rings (SSSR count). The average Bonchev–Trinajstić information content (AvgIpc) is 3.35. The van der Waals surface area contributed by atoms with Crippen LogP contribution in [0.15, 0.2) is 42.0 Å². The van der Waals surface area contributed by atoms with Crippen molar-refractivity contribution in [3.05, 3.63) is 68.7 Å². The number of methoxy groups -OCH3 is 1. The summed E-state index contributed by atoms with van der Waals surface area (Å²) < 4.78 is 17.1. The Morgan fingerprint density at radius 1 is 1.12 bits per heavy atom. The second kappa shape index (κ2) is 13.2. The second-order valence-corrected chi connectivity index (χ2v) is 10.2. The quantitative estimate of drug-likeness (QED) is 0.310. The van der Waals surface area contributed by atoms with Crippen LogP contribution >= 0.6 is 23.2 Å². The van der Waals surface area contributed by atoms with Crippen molar-refractivity contribution < 1.29 is 39.1 Å². The Bertz CT molecular complexity index is 1290. The van der Waals surface area contributed by atoms with Gasteiger partial charge in [0, 0.05) is 30.8 Å². The highest BCUT2D eigenvalue weighted by molar-refractivity contribution is 6.42. The van der Waals surface area contributed by atoms with E-state index in [1.807, 2.05) is 0 Å². The summed E-state index contributed by atoms with van der Waals surface area (Å²) >= 11 is 12.3. The predicted octanol–water partition coefficient (Wildman–Crippen LogP) is 2.18. The van der Waals surface area contributed by atoms with Crippen molar-refractivity contribution in [2.75, 3.05) is 33.5 Å². The maximum atomic E-state index is 13.4. The van der Waals surface area contributed by atoms with Crippen molar-refractivity contribution in [2.24, 2.45) is 0 Å². The molecule has 2 amide bonds. The lowest BCUT2D eigenvalue weighted by Gasteiger charge is -2.40. The summed E-state index contributed by atoms with van der Waals surface area (Å²) in [5, 5.41) is 34.1. The van der Waals surface area contributed by atoms with Crippen LogP contribution in [0.2, 0.25) is 10.0 Å². The summed E-state index contributed by atoms with van der Waals surface area (Å²) in [4.78, 5) is 28.2. The van der Waals surface area contributed by atoms with Crippen LogP contribution in [-0.2, 0) is 27.5 Å². The average molecular weight is 595 g/mol. The molecule has 0 saturated carbocycles. The number of nitrogens with one attached hydrogen (secondary N) is 1. The number of aliphatic hydroxyl groups is 3. The van der Waals surface area contributed by atoms with E-state index in [0.717, 1.165) is 0 Å². The normalized spacial score (nSPS) is 21.1. The molecule has 2 aromatic rings. The maximum Gasteiger partial charge on any atom is 0.249 e. The van der Waals surface area contributed by atoms with E-state index in [4.69, 9.17) is 37.4 Å². The van der Waals surface area contributed by atoms with Gasteiger partial charge in [-0.2, -0.15) is 0 Å². The summed E-state index contributed by atoms with van der Waals surface area (Å²) in [5.41, 5.74) is 2.00. The number of fused-ring (bicyclic) bond motifs is 3. The molecule has 10 nitrogen and oxygen atoms in total. The van der Waals surface area contributed by atoms with Gasteiger partial charge in [-0.1, -0.05) is 29.3 Å². The fourth-order valence-corrected chi connectivity index (χ4v) is 5.41. The molecule has 0 radical (unpaired) electrons. The third kappa shape index (κ3) is 6.07. The molecule has 0 bridgehead atoms. The number of aliphatic hydroxyl groups excluding tert-OH is 3. The van der Waals surface area contributed by atoms with Gasteiger partial charge in [0.25, 0.3) is 0 Å². The molecule has 1 aliphatic carbocycles. The Morgan fingerprint density at radius 2 is 1.90 bits per heavy atom. The molecule has 0 fully saturated rings. The van der Waals surface area contributed by atoms with Crippen molar-refractivity contribution in [3.63, 3.8) is 0 Å². The van der Waals surface area contributed by atoms with Gasteiger partial charge in [-0.25, -0.2) is 0 Å². The largest absolute Gasteiger partial charge is 0.493 e. The Kier molecular flexibility index (Phi) is 9.94. The zero-order valence-electron chi connectivity index (χ0n) is 22.1. The summed E-state index contributed by atoms with van der Waals surface area (Å²) in [6.45, 7) is 1.32. The number of hydrogen-bond acceptors (Lipinski definition) is 8. The van der Waals surface area contributed by atoms with Gasteiger partial charge in [0.2, 0.25) is 11.8 Å². The first-order valence-corrected chi connectivity index (χ1v) is 13.6. The fraction of sp³-hybridized carbons (Fsp3) is 0.429. The molecule has 0 aromatic heterocycles. The number of ether oxygens (including phenoxy) is 3. The minimum absolute atomic E-state index is 0.00472. The van der Waals surface area contributed by atoms with Crippen molar-refractivity contribution in [2.45, 2.75) is 44.2 Å². The van der Waals surface area contributed by atoms with E-state index in [-0.39, 0.29) is 38.5 Å². The highest BCUT2D eigenvalue weighted by atomic mass is 35.5. The molecule has 2 aromatic carbocycles. The minimum Gasteiger partial charge on any atom is -0.493 e. The molecule has 0 saturated heterocycles. The molecule has 0 spiro atoms. The first-order valence-electron chi connectivity index (χ1n) is 12.8. The van der Waals surface area contributed by atoms with Crippen LogP contribution in [0.4, 0.5) is 0 Å². The summed E-state index contributed by atoms with van der Waals surface area (Å²) in [6, 6.07) is 7.30. The van der Waals surface area contributed by atoms with Gasteiger partial charge >= 0.3 is 0 Å². The van der Waals surface area contributed by atoms with Crippen molar-refractivity contribution in [3.8, 4) is 11.5 Å². The van der Waals surface area contributed by atoms with E-state index in [9.17, 15) is 24.9 Å². The zero-order valence-corrected chi connectivity index (χ0v) is 23.6. The van der Waals surface area contributed by atoms with Gasteiger partial charge in [-0.3, -0.25) is 9.59 Å². The lowest BCUT2D eigenvalue weighted by molar-refractivity contribution is -0.142. The molecule has 4 atom stereocenters. The second-order valence-electron chi connectivity index (χ2n) is 9.42. The summed E-state index contributed by atoms with van der Waals surface area (Å²) in [7, 11) is 1.46. The molecule has 2 aliphatic rings. The summed E-state index contributed by atoms with van der Waals surface area (Å²) in [5.74, 6) is -0.953. The van der Waals surface area contributed by atoms with Crippen LogP contribution in [-0.4, -0.2) is 83.8 Å². The zero-order chi connectivity index (χ0) is 29.0. The van der Waals surface area contributed by atoms with Crippen LogP contribution in [0.1, 0.15) is 29.5 Å². The van der Waals surface area contributed by atoms with Crippen LogP contribution < -0.4 is 14.8 Å². The molecular formula is C28H32Cl2N2O8. The van der Waals surface area contributed by atoms with Crippen LogP contribution in [0.3, 0.4) is 0 Å². The fourth-order valence-electron chi connectivity index (χ4n) is 5.09. The number of carbonyl (C=O) groups excluding carboxylic acids is 2. The number of carbonyl (C=O) groups is 2. The van der Waals surface area contributed by atoms with Gasteiger partial charge < -0.3 is 39.7 Å². The Hall–Kier alpha value is -2.86. The number of halogens is 2. The predicted molar refractivity (Wildman–Crippen MR) is 148 cm³/mol. The first kappa shape index (κ1) is 30.1. The van der Waals surface area contributed by atoms with Crippen molar-refractivity contribution in [1.29, 1.82) is 0 Å². The van der Waals surface area contributed by atoms with Gasteiger partial charge in [-0.15, -0.1) is 0 Å². The third-order valence-electron chi connectivity index (χ3n) is 6.94. The number of rotatable bonds is 11. The molecule has 40 heavy (non-hydrogen) atoms. The minimum atomic E-state index is -1.26. The van der Waals surface area contributed by atoms with E-state index in [1.165, 1.54) is 12.0 Å². The van der Waals surface area contributed by atoms with Crippen molar-refractivity contribution in [1.82, 2.24) is 10.2 Å². The van der Waals surface area contributed by atoms with Crippen LogP contribution in [0.25, 0.3) is 0 Å². The van der Waals surface area contributed by atoms with Gasteiger partial charge in [-0.05, 0) is 48.4 Å². The number of nitrogens with zero attached hydrogens (tertiary/aromatic N) is 1. The Balaban J connectivity index is 1.81. The standard InChI is InChI=1S/C28H32Cl2N2O8/c1-3-39-14-23(35)32(12-15-4-5-19(29)20(30)9-15)21-11-18(28(37)31-6-7-33)24-17-8-16(13-34)10-22(38-2)26(17)40-27(24)25(21)36/h4-5,8-11,21,24-25,27,33-34,36H,3,6-7,12-14H2,1-2H3,(H,31,37)/t21-,24+,25+,27+/m1/s1. The Morgan fingerprint density at radius 3 is 2.55 bits per heavy atom. The molecule has 1 aliphatic heterocycles. The van der Waals surface area contributed by atoms with Crippen molar-refractivity contribution >= 4 is 35.0 Å². The van der Waals surface area contributed by atoms with E-state index < -0.39 is 36.0 Å². The molecule has 0 unspecified atom stereocenters. The smallest absolute Gasteiger partial charge is 0.249 e. The highest BCUT2D eigenvalue weighted by Gasteiger charge is 2.51. The molecule has 1 heterocycles. The SMILES string of the molecule is CCOCC(=O)N(Cc1ccc(Cl)c(Cl)c1)[C@@H]1C=C(C(=O)NCCO)[C@@H]2c3cc(CO)cc(OC)c3O[C@@H]2[C@H]1O. The highest BCUT2D eigenvalue weighted by Crippen LogP contribution is 2.51. The van der Waals surface area contributed by atoms with E-state index >= 15 is 0 Å². The number of hydrogen-bond donors (Lipinski definition) is 4. The lowest BCUT2D eigenvalue weighted by atomic mass is 9.77. The summed E-state index contributed by atoms with van der Waals surface area (Å²) in [6.07, 6.45) is -0.669.